The zero-order valence-corrected chi connectivity index (χ0v) is 28.0. The minimum atomic E-state index is -5.00. The van der Waals surface area contributed by atoms with Crippen molar-refractivity contribution < 1.29 is 85.5 Å². The summed E-state index contributed by atoms with van der Waals surface area (Å²) in [6.45, 7) is 0. The third kappa shape index (κ3) is 9.17. The quantitative estimate of drug-likeness (QED) is 0.0474. The van der Waals surface area contributed by atoms with Gasteiger partial charge in [-0.05, 0) is 35.4 Å². The Morgan fingerprint density at radius 2 is 0.959 bits per heavy atom. The number of aromatic carboxylic acids is 2. The number of benzene rings is 2. The van der Waals surface area contributed by atoms with Gasteiger partial charge in [-0.1, -0.05) is 24.3 Å². The molecule has 2 aromatic heterocycles. The van der Waals surface area contributed by atoms with Crippen molar-refractivity contribution in [3.05, 3.63) is 91.5 Å². The Labute approximate surface area is 294 Å². The molecule has 0 atom stereocenters. The summed E-state index contributed by atoms with van der Waals surface area (Å²) < 4.78 is 68.2. The number of aromatic nitrogens is 2. The summed E-state index contributed by atoms with van der Waals surface area (Å²) in [6.07, 6.45) is 2.06. The molecule has 20 nitrogen and oxygen atoms in total. The Kier molecular flexibility index (Phi) is 11.5. The van der Waals surface area contributed by atoms with E-state index in [1.807, 2.05) is 9.97 Å². The molecular weight excluding hydrogens is 707 g/mol. The van der Waals surface area contributed by atoms with Gasteiger partial charge in [0.25, 0.3) is 31.4 Å². The molecule has 23 heteroatoms. The molecule has 0 aliphatic carbocycles. The number of nitrogens with zero attached hydrogens (tertiary/aromatic N) is 4. The fourth-order valence-corrected chi connectivity index (χ4v) is 5.30. The third-order valence-electron chi connectivity index (χ3n) is 5.98. The Bertz CT molecular complexity index is 2270. The molecule has 0 saturated heterocycles. The molecule has 0 bridgehead atoms. The van der Waals surface area contributed by atoms with Crippen LogP contribution < -0.4 is 40.7 Å². The summed E-state index contributed by atoms with van der Waals surface area (Å²) in [5.74, 6) is -5.16. The molecule has 49 heavy (non-hydrogen) atoms. The molecule has 4 rings (SSSR count). The van der Waals surface area contributed by atoms with Gasteiger partial charge in [0.05, 0.1) is 22.5 Å². The fraction of sp³-hybridized carbons (Fsp3) is 0. The second-order valence-corrected chi connectivity index (χ2v) is 12.0. The van der Waals surface area contributed by atoms with Crippen molar-refractivity contribution in [3.63, 3.8) is 0 Å². The molecular formula is C26H18N6NaO14S2+. The number of H-pyrrole nitrogens is 2. The molecule has 248 valence electrons. The average Bonchev–Trinajstić information content (AvgIpc) is 2.97. The number of rotatable bonds is 10. The van der Waals surface area contributed by atoms with Crippen LogP contribution in [0.4, 0.5) is 22.7 Å². The van der Waals surface area contributed by atoms with Crippen LogP contribution in [-0.2, 0) is 20.2 Å². The molecule has 8 N–H and O–H groups in total. The van der Waals surface area contributed by atoms with Crippen molar-refractivity contribution in [2.45, 2.75) is 9.79 Å². The van der Waals surface area contributed by atoms with Crippen LogP contribution in [0.15, 0.2) is 88.4 Å². The van der Waals surface area contributed by atoms with E-state index < -0.39 is 87.3 Å². The standard InChI is InChI=1S/C26H18N6O14S2.Na/c33-19-9-15(25(37)38)21(23(35)27-19)31-29-13-5-3-11(17(7-13)47(41,42)43)1-2-12-4-6-14(8-18(12)48(44,45)46)30-32-22-16(26(39)40)10-20(34)28-24(22)36;/h1-10H,(H,37,38)(H,39,40)(H2,27,33,35)(H2,28,34,36)(H,41,42,43)(H,44,45,46);/q;+1/b2-1+,31-29?,32-30?;. The van der Waals surface area contributed by atoms with Crippen LogP contribution in [0.2, 0.25) is 0 Å². The number of aromatic hydroxyl groups is 2. The first kappa shape index (κ1) is 38.1. The fourth-order valence-electron chi connectivity index (χ4n) is 3.89. The van der Waals surface area contributed by atoms with Crippen LogP contribution in [-0.4, -0.2) is 68.3 Å². The van der Waals surface area contributed by atoms with Gasteiger partial charge in [-0.3, -0.25) is 28.7 Å². The predicted molar refractivity (Wildman–Crippen MR) is 161 cm³/mol. The maximum atomic E-state index is 12.2. The van der Waals surface area contributed by atoms with E-state index in [9.17, 15) is 65.5 Å². The SMILES string of the molecule is O=C(O)c1cc(=O)[nH]c(O)c1N=Nc1ccc(/C=C/c2ccc(N=Nc3c(C(=O)O)cc(=O)[nH]c3O)cc2S(=O)(=O)O)c(S(=O)(=O)O)c1.[Na+]. The largest absolute Gasteiger partial charge is 1.00 e. The van der Waals surface area contributed by atoms with Gasteiger partial charge in [-0.25, -0.2) is 9.59 Å². The van der Waals surface area contributed by atoms with Crippen LogP contribution in [0.25, 0.3) is 12.2 Å². The van der Waals surface area contributed by atoms with E-state index in [0.717, 1.165) is 48.6 Å². The summed E-state index contributed by atoms with van der Waals surface area (Å²) in [4.78, 5) is 48.1. The molecule has 0 fully saturated rings. The zero-order valence-electron chi connectivity index (χ0n) is 24.3. The molecule has 2 aromatic carbocycles. The van der Waals surface area contributed by atoms with Crippen LogP contribution in [0.1, 0.15) is 31.8 Å². The first-order valence-electron chi connectivity index (χ1n) is 12.5. The van der Waals surface area contributed by atoms with Crippen molar-refractivity contribution in [3.8, 4) is 11.8 Å². The van der Waals surface area contributed by atoms with E-state index in [-0.39, 0.29) is 52.1 Å². The molecule has 0 radical (unpaired) electrons. The molecule has 0 aliphatic rings. The minimum absolute atomic E-state index is 0. The van der Waals surface area contributed by atoms with Crippen LogP contribution >= 0.6 is 0 Å². The molecule has 0 unspecified atom stereocenters. The Balaban J connectivity index is 0.00000650. The Hall–Kier alpha value is -5.36. The predicted octanol–water partition coefficient (Wildman–Crippen LogP) is 0.369. The molecule has 0 amide bonds. The number of pyridine rings is 2. The normalized spacial score (nSPS) is 12.0. The second-order valence-electron chi connectivity index (χ2n) is 9.23. The summed E-state index contributed by atoms with van der Waals surface area (Å²) in [7, 11) is -9.99. The number of aromatic amines is 2. The average molecular weight is 726 g/mol. The Morgan fingerprint density at radius 3 is 1.27 bits per heavy atom. The van der Waals surface area contributed by atoms with Crippen molar-refractivity contribution >= 4 is 67.1 Å². The summed E-state index contributed by atoms with van der Waals surface area (Å²) >= 11 is 0. The van der Waals surface area contributed by atoms with E-state index in [2.05, 4.69) is 20.5 Å². The number of azo groups is 2. The molecule has 0 aliphatic heterocycles. The molecule has 0 saturated carbocycles. The van der Waals surface area contributed by atoms with E-state index in [1.165, 1.54) is 0 Å². The topological polar surface area (TPSA) is 339 Å². The summed E-state index contributed by atoms with van der Waals surface area (Å²) in [6, 6.07) is 7.31. The van der Waals surface area contributed by atoms with Gasteiger partial charge in [0, 0.05) is 12.1 Å². The van der Waals surface area contributed by atoms with Crippen LogP contribution in [0, 0.1) is 0 Å². The van der Waals surface area contributed by atoms with Gasteiger partial charge >= 0.3 is 41.5 Å². The zero-order chi connectivity index (χ0) is 35.6. The summed E-state index contributed by atoms with van der Waals surface area (Å²) in [5.41, 5.74) is -5.74. The van der Waals surface area contributed by atoms with E-state index in [1.54, 1.807) is 0 Å². The number of hydrogen-bond acceptors (Lipinski definition) is 14. The van der Waals surface area contributed by atoms with E-state index >= 15 is 0 Å². The minimum Gasteiger partial charge on any atom is -0.493 e. The van der Waals surface area contributed by atoms with E-state index in [4.69, 9.17) is 0 Å². The van der Waals surface area contributed by atoms with Gasteiger partial charge in [-0.15, -0.1) is 10.2 Å². The van der Waals surface area contributed by atoms with Gasteiger partial charge in [0.15, 0.2) is 11.4 Å². The smallest absolute Gasteiger partial charge is 0.493 e. The monoisotopic (exact) mass is 725 g/mol. The molecule has 2 heterocycles. The van der Waals surface area contributed by atoms with Gasteiger partial charge < -0.3 is 20.4 Å². The molecule has 4 aromatic rings. The molecule has 0 spiro atoms. The number of nitrogens with one attached hydrogen (secondary N) is 2. The first-order chi connectivity index (χ1) is 22.3. The number of carboxylic acids is 2. The van der Waals surface area contributed by atoms with E-state index in [0.29, 0.717) is 12.1 Å². The number of hydrogen-bond donors (Lipinski definition) is 8. The maximum Gasteiger partial charge on any atom is 1.00 e. The van der Waals surface area contributed by atoms with Crippen LogP contribution in [0.5, 0.6) is 11.8 Å². The van der Waals surface area contributed by atoms with Gasteiger partial charge in [-0.2, -0.15) is 27.1 Å². The first-order valence-corrected chi connectivity index (χ1v) is 15.4. The van der Waals surface area contributed by atoms with Crippen molar-refractivity contribution in [1.82, 2.24) is 9.97 Å². The number of carboxylic acid groups (broad SMARTS) is 2. The maximum absolute atomic E-state index is 12.2. The van der Waals surface area contributed by atoms with Crippen LogP contribution in [0.3, 0.4) is 0 Å². The number of carbonyl (C=O) groups is 2. The van der Waals surface area contributed by atoms with Gasteiger partial charge in [0.2, 0.25) is 11.8 Å². The summed E-state index contributed by atoms with van der Waals surface area (Å²) in [5, 5.41) is 52.7. The van der Waals surface area contributed by atoms with Crippen molar-refractivity contribution in [2.24, 2.45) is 20.5 Å². The second kappa shape index (κ2) is 14.8. The third-order valence-corrected chi connectivity index (χ3v) is 7.80. The Morgan fingerprint density at radius 1 is 0.612 bits per heavy atom. The van der Waals surface area contributed by atoms with Gasteiger partial charge in [0.1, 0.15) is 9.79 Å². The van der Waals surface area contributed by atoms with Crippen molar-refractivity contribution in [2.75, 3.05) is 0 Å². The van der Waals surface area contributed by atoms with Crippen molar-refractivity contribution in [1.29, 1.82) is 0 Å².